The van der Waals surface area contributed by atoms with Crippen LogP contribution in [0.4, 0.5) is 5.69 Å². The molecule has 1 heterocycles. The Morgan fingerprint density at radius 2 is 1.68 bits per heavy atom. The zero-order valence-electron chi connectivity index (χ0n) is 18.8. The van der Waals surface area contributed by atoms with E-state index in [4.69, 9.17) is 21.3 Å². The van der Waals surface area contributed by atoms with Crippen LogP contribution < -0.4 is 4.74 Å². The first-order chi connectivity index (χ1) is 16.4. The maximum atomic E-state index is 11.6. The van der Waals surface area contributed by atoms with Crippen LogP contribution in [-0.4, -0.2) is 35.6 Å². The summed E-state index contributed by atoms with van der Waals surface area (Å²) >= 11 is 6.15. The number of hydrogen-bond acceptors (Lipinski definition) is 6. The average molecular weight is 478 g/mol. The van der Waals surface area contributed by atoms with Gasteiger partial charge in [0, 0.05) is 35.2 Å². The van der Waals surface area contributed by atoms with Gasteiger partial charge in [0.1, 0.15) is 23.9 Å². The van der Waals surface area contributed by atoms with Gasteiger partial charge >= 0.3 is 0 Å². The number of nitrogens with zero attached hydrogens (tertiary/aromatic N) is 3. The van der Waals surface area contributed by atoms with Gasteiger partial charge < -0.3 is 14.4 Å². The molecule has 3 aromatic rings. The van der Waals surface area contributed by atoms with E-state index in [1.54, 1.807) is 19.2 Å². The van der Waals surface area contributed by atoms with Gasteiger partial charge in [-0.15, -0.1) is 0 Å². The number of aldehydes is 1. The fourth-order valence-electron chi connectivity index (χ4n) is 4.18. The number of nitro benzene ring substituents is 1. The van der Waals surface area contributed by atoms with Crippen molar-refractivity contribution in [2.75, 3.05) is 13.7 Å². The van der Waals surface area contributed by atoms with Gasteiger partial charge in [-0.25, -0.2) is 0 Å². The van der Waals surface area contributed by atoms with Crippen molar-refractivity contribution in [3.8, 4) is 5.75 Å². The number of rotatable bonds is 8. The third kappa shape index (κ3) is 4.79. The number of carbonyl (C=O) groups is 1. The molecule has 0 saturated carbocycles. The number of amidine groups is 1. The zero-order valence-corrected chi connectivity index (χ0v) is 19.6. The van der Waals surface area contributed by atoms with Gasteiger partial charge in [0.25, 0.3) is 5.69 Å². The standard InChI is InChI=1S/C26H24ClN3O4/c1-17(16-31)15-29-25(19-3-9-21(27)10-4-19)24(18-5-11-22(12-6-18)30(32)33)28-26(29)20-7-13-23(34-2)14-8-20/h3-14,16-17,24-25H,15H2,1-2H3. The van der Waals surface area contributed by atoms with Crippen LogP contribution >= 0.6 is 11.6 Å². The molecule has 0 amide bonds. The van der Waals surface area contributed by atoms with Crippen molar-refractivity contribution < 1.29 is 14.5 Å². The molecule has 0 saturated heterocycles. The van der Waals surface area contributed by atoms with Gasteiger partial charge in [-0.3, -0.25) is 15.1 Å². The van der Waals surface area contributed by atoms with E-state index in [1.807, 2.05) is 55.5 Å². The van der Waals surface area contributed by atoms with Crippen LogP contribution in [0, 0.1) is 16.0 Å². The molecule has 1 aliphatic heterocycles. The molecule has 0 bridgehead atoms. The summed E-state index contributed by atoms with van der Waals surface area (Å²) in [5.74, 6) is 1.25. The van der Waals surface area contributed by atoms with Gasteiger partial charge in [-0.1, -0.05) is 30.7 Å². The van der Waals surface area contributed by atoms with Crippen molar-refractivity contribution in [3.63, 3.8) is 0 Å². The van der Waals surface area contributed by atoms with Gasteiger partial charge in [0.2, 0.25) is 0 Å². The Kier molecular flexibility index (Phi) is 6.93. The number of carbonyl (C=O) groups excluding carboxylic acids is 1. The van der Waals surface area contributed by atoms with Gasteiger partial charge in [-0.2, -0.15) is 0 Å². The number of halogens is 1. The molecular formula is C26H24ClN3O4. The monoisotopic (exact) mass is 477 g/mol. The molecule has 7 nitrogen and oxygen atoms in total. The molecule has 0 aromatic heterocycles. The number of nitro groups is 1. The van der Waals surface area contributed by atoms with Crippen molar-refractivity contribution >= 4 is 29.4 Å². The molecule has 174 valence electrons. The van der Waals surface area contributed by atoms with Crippen molar-refractivity contribution in [1.82, 2.24) is 4.90 Å². The molecule has 0 spiro atoms. The second kappa shape index (κ2) is 10.1. The molecule has 0 aliphatic carbocycles. The molecule has 0 fully saturated rings. The van der Waals surface area contributed by atoms with Crippen molar-refractivity contribution in [1.29, 1.82) is 0 Å². The highest BCUT2D eigenvalue weighted by molar-refractivity contribution is 6.30. The number of non-ortho nitro benzene ring substituents is 1. The first kappa shape index (κ1) is 23.4. The lowest BCUT2D eigenvalue weighted by Crippen LogP contribution is -2.36. The van der Waals surface area contributed by atoms with Gasteiger partial charge in [0.05, 0.1) is 18.1 Å². The first-order valence-electron chi connectivity index (χ1n) is 10.8. The fourth-order valence-corrected chi connectivity index (χ4v) is 4.31. The van der Waals surface area contributed by atoms with Crippen LogP contribution in [0.5, 0.6) is 5.75 Å². The van der Waals surface area contributed by atoms with Crippen LogP contribution in [0.1, 0.15) is 35.7 Å². The lowest BCUT2D eigenvalue weighted by molar-refractivity contribution is -0.384. The Morgan fingerprint density at radius 3 is 2.24 bits per heavy atom. The maximum absolute atomic E-state index is 11.6. The molecular weight excluding hydrogens is 454 g/mol. The Bertz CT molecular complexity index is 1190. The first-order valence-corrected chi connectivity index (χ1v) is 11.2. The normalized spacial score (nSPS) is 18.3. The van der Waals surface area contributed by atoms with Crippen LogP contribution in [0.3, 0.4) is 0 Å². The summed E-state index contributed by atoms with van der Waals surface area (Å²) in [5.41, 5.74) is 2.74. The number of methoxy groups -OCH3 is 1. The smallest absolute Gasteiger partial charge is 0.269 e. The van der Waals surface area contributed by atoms with E-state index < -0.39 is 4.92 Å². The maximum Gasteiger partial charge on any atom is 0.269 e. The lowest BCUT2D eigenvalue weighted by atomic mass is 9.93. The van der Waals surface area contributed by atoms with E-state index >= 15 is 0 Å². The quantitative estimate of drug-likeness (QED) is 0.238. The highest BCUT2D eigenvalue weighted by atomic mass is 35.5. The molecule has 4 rings (SSSR count). The molecule has 3 aromatic carbocycles. The summed E-state index contributed by atoms with van der Waals surface area (Å²) < 4.78 is 5.30. The fraction of sp³-hybridized carbons (Fsp3) is 0.231. The highest BCUT2D eigenvalue weighted by Crippen LogP contribution is 2.44. The number of aliphatic imine (C=N–C) groups is 1. The minimum atomic E-state index is -0.417. The average Bonchev–Trinajstić information content (AvgIpc) is 3.23. The molecule has 0 radical (unpaired) electrons. The van der Waals surface area contributed by atoms with E-state index in [-0.39, 0.29) is 23.7 Å². The van der Waals surface area contributed by atoms with Crippen molar-refractivity contribution in [3.05, 3.63) is 105 Å². The molecule has 0 N–H and O–H groups in total. The van der Waals surface area contributed by atoms with Gasteiger partial charge in [-0.05, 0) is 59.7 Å². The lowest BCUT2D eigenvalue weighted by Gasteiger charge is -2.32. The second-order valence-corrected chi connectivity index (χ2v) is 8.67. The van der Waals surface area contributed by atoms with Crippen molar-refractivity contribution in [2.24, 2.45) is 10.9 Å². The topological polar surface area (TPSA) is 85.0 Å². The predicted molar refractivity (Wildman–Crippen MR) is 131 cm³/mol. The molecule has 8 heteroatoms. The molecule has 1 aliphatic rings. The van der Waals surface area contributed by atoms with Crippen LogP contribution in [0.2, 0.25) is 5.02 Å². The zero-order chi connectivity index (χ0) is 24.2. The molecule has 34 heavy (non-hydrogen) atoms. The second-order valence-electron chi connectivity index (χ2n) is 8.24. The summed E-state index contributed by atoms with van der Waals surface area (Å²) in [7, 11) is 1.61. The van der Waals surface area contributed by atoms with Crippen molar-refractivity contribution in [2.45, 2.75) is 19.0 Å². The number of benzene rings is 3. The minimum absolute atomic E-state index is 0.0237. The van der Waals surface area contributed by atoms with Crippen LogP contribution in [-0.2, 0) is 4.79 Å². The SMILES string of the molecule is COc1ccc(C2=NC(c3ccc([N+](=O)[O-])cc3)C(c3ccc(Cl)cc3)N2CC(C)C=O)cc1. The molecule has 3 atom stereocenters. The minimum Gasteiger partial charge on any atom is -0.497 e. The Balaban J connectivity index is 1.84. The largest absolute Gasteiger partial charge is 0.497 e. The van der Waals surface area contributed by atoms with Crippen LogP contribution in [0.15, 0.2) is 77.8 Å². The summed E-state index contributed by atoms with van der Waals surface area (Å²) in [6, 6.07) is 21.1. The Morgan fingerprint density at radius 1 is 1.06 bits per heavy atom. The third-order valence-electron chi connectivity index (χ3n) is 5.89. The Labute approximate surface area is 202 Å². The summed E-state index contributed by atoms with van der Waals surface area (Å²) in [5, 5.41) is 11.8. The van der Waals surface area contributed by atoms with E-state index in [2.05, 4.69) is 4.90 Å². The van der Waals surface area contributed by atoms with Gasteiger partial charge in [0.15, 0.2) is 0 Å². The highest BCUT2D eigenvalue weighted by Gasteiger charge is 2.39. The summed E-state index contributed by atoms with van der Waals surface area (Å²) in [6.45, 7) is 2.34. The van der Waals surface area contributed by atoms with E-state index in [9.17, 15) is 14.9 Å². The number of ether oxygens (including phenoxy) is 1. The van der Waals surface area contributed by atoms with E-state index in [0.29, 0.717) is 11.6 Å². The molecule has 3 unspecified atom stereocenters. The van der Waals surface area contributed by atoms with Crippen LogP contribution in [0.25, 0.3) is 0 Å². The van der Waals surface area contributed by atoms with E-state index in [1.165, 1.54) is 12.1 Å². The summed E-state index contributed by atoms with van der Waals surface area (Å²) in [4.78, 5) is 29.6. The summed E-state index contributed by atoms with van der Waals surface area (Å²) in [6.07, 6.45) is 0.934. The Hall–Kier alpha value is -3.71. The number of hydrogen-bond donors (Lipinski definition) is 0. The van der Waals surface area contributed by atoms with E-state index in [0.717, 1.165) is 34.6 Å². The third-order valence-corrected chi connectivity index (χ3v) is 6.14. The predicted octanol–water partition coefficient (Wildman–Crippen LogP) is 5.64.